The van der Waals surface area contributed by atoms with Crippen molar-refractivity contribution >= 4 is 0 Å². The van der Waals surface area contributed by atoms with Crippen LogP contribution in [-0.2, 0) is 0 Å². The van der Waals surface area contributed by atoms with Gasteiger partial charge in [-0.15, -0.1) is 0 Å². The maximum Gasteiger partial charge on any atom is 0.0693 e. The average Bonchev–Trinajstić information content (AvgIpc) is 1.60. The molecule has 10 heavy (non-hydrogen) atoms. The summed E-state index contributed by atoms with van der Waals surface area (Å²) in [5.41, 5.74) is 5.67. The van der Waals surface area contributed by atoms with Crippen LogP contribution in [0.3, 0.4) is 0 Å². The van der Waals surface area contributed by atoms with E-state index in [0.29, 0.717) is 0 Å². The zero-order valence-electron chi connectivity index (χ0n) is 7.39. The standard InChI is InChI=1S/C8H19NO/c1-6(9)7(10)5-8(2,3)4/h6-7,10H,5,9H2,1-4H3. The fraction of sp³-hybridized carbons (Fsp3) is 1.00. The molecule has 0 aromatic carbocycles. The minimum Gasteiger partial charge on any atom is -0.392 e. The molecule has 2 unspecified atom stereocenters. The van der Waals surface area contributed by atoms with Gasteiger partial charge in [-0.05, 0) is 18.8 Å². The van der Waals surface area contributed by atoms with Gasteiger partial charge in [0, 0.05) is 6.04 Å². The van der Waals surface area contributed by atoms with Crippen LogP contribution in [0.25, 0.3) is 0 Å². The Morgan fingerprint density at radius 3 is 1.90 bits per heavy atom. The first-order chi connectivity index (χ1) is 4.33. The van der Waals surface area contributed by atoms with Crippen LogP contribution in [0.5, 0.6) is 0 Å². The molecule has 0 aliphatic heterocycles. The van der Waals surface area contributed by atoms with E-state index in [1.54, 1.807) is 0 Å². The second-order valence-corrected chi connectivity index (χ2v) is 4.19. The van der Waals surface area contributed by atoms with E-state index in [0.717, 1.165) is 6.42 Å². The van der Waals surface area contributed by atoms with Gasteiger partial charge in [0.25, 0.3) is 0 Å². The molecule has 3 N–H and O–H groups in total. The van der Waals surface area contributed by atoms with E-state index < -0.39 is 0 Å². The van der Waals surface area contributed by atoms with Crippen molar-refractivity contribution in [1.82, 2.24) is 0 Å². The molecule has 0 aliphatic carbocycles. The van der Waals surface area contributed by atoms with Crippen molar-refractivity contribution in [2.45, 2.75) is 46.3 Å². The molecule has 0 fully saturated rings. The molecule has 0 spiro atoms. The average molecular weight is 145 g/mol. The molecule has 0 radical (unpaired) electrons. The predicted octanol–water partition coefficient (Wildman–Crippen LogP) is 1.13. The van der Waals surface area contributed by atoms with E-state index in [-0.39, 0.29) is 17.6 Å². The first-order valence-electron chi connectivity index (χ1n) is 3.76. The highest BCUT2D eigenvalue weighted by molar-refractivity contribution is 4.73. The number of aliphatic hydroxyl groups excluding tert-OH is 1. The summed E-state index contributed by atoms with van der Waals surface area (Å²) in [6, 6.07) is -0.112. The topological polar surface area (TPSA) is 46.2 Å². The molecule has 0 aromatic rings. The molecule has 0 heterocycles. The lowest BCUT2D eigenvalue weighted by molar-refractivity contribution is 0.102. The van der Waals surface area contributed by atoms with E-state index >= 15 is 0 Å². The first kappa shape index (κ1) is 9.92. The van der Waals surface area contributed by atoms with Crippen LogP contribution < -0.4 is 5.73 Å². The van der Waals surface area contributed by atoms with Crippen molar-refractivity contribution in [3.05, 3.63) is 0 Å². The van der Waals surface area contributed by atoms with Crippen molar-refractivity contribution in [2.24, 2.45) is 11.1 Å². The fourth-order valence-electron chi connectivity index (χ4n) is 0.813. The third kappa shape index (κ3) is 4.77. The van der Waals surface area contributed by atoms with Gasteiger partial charge in [-0.25, -0.2) is 0 Å². The van der Waals surface area contributed by atoms with Crippen molar-refractivity contribution in [3.8, 4) is 0 Å². The van der Waals surface area contributed by atoms with Gasteiger partial charge in [-0.1, -0.05) is 20.8 Å². The maximum atomic E-state index is 9.34. The van der Waals surface area contributed by atoms with Crippen LogP contribution >= 0.6 is 0 Å². The second kappa shape index (κ2) is 3.35. The van der Waals surface area contributed by atoms with Gasteiger partial charge >= 0.3 is 0 Å². The van der Waals surface area contributed by atoms with E-state index in [4.69, 9.17) is 5.73 Å². The maximum absolute atomic E-state index is 9.34. The number of hydrogen-bond acceptors (Lipinski definition) is 2. The summed E-state index contributed by atoms with van der Waals surface area (Å²) >= 11 is 0. The van der Waals surface area contributed by atoms with E-state index in [1.807, 2.05) is 6.92 Å². The Labute approximate surface area is 63.4 Å². The van der Waals surface area contributed by atoms with Gasteiger partial charge in [0.15, 0.2) is 0 Å². The molecule has 2 heteroatoms. The van der Waals surface area contributed by atoms with Gasteiger partial charge in [0.2, 0.25) is 0 Å². The molecule has 0 amide bonds. The van der Waals surface area contributed by atoms with Crippen molar-refractivity contribution in [3.63, 3.8) is 0 Å². The molecule has 0 rings (SSSR count). The highest BCUT2D eigenvalue weighted by atomic mass is 16.3. The highest BCUT2D eigenvalue weighted by Crippen LogP contribution is 2.21. The number of nitrogens with two attached hydrogens (primary N) is 1. The summed E-state index contributed by atoms with van der Waals surface area (Å²) in [5, 5.41) is 9.34. The Hall–Kier alpha value is -0.0800. The van der Waals surface area contributed by atoms with Crippen molar-refractivity contribution in [1.29, 1.82) is 0 Å². The van der Waals surface area contributed by atoms with Crippen LogP contribution in [0, 0.1) is 5.41 Å². The first-order valence-corrected chi connectivity index (χ1v) is 3.76. The molecule has 2 atom stereocenters. The highest BCUT2D eigenvalue weighted by Gasteiger charge is 2.18. The summed E-state index contributed by atoms with van der Waals surface area (Å²) < 4.78 is 0. The van der Waals surface area contributed by atoms with Gasteiger partial charge in [0.1, 0.15) is 0 Å². The summed E-state index contributed by atoms with van der Waals surface area (Å²) in [4.78, 5) is 0. The van der Waals surface area contributed by atoms with Crippen LogP contribution in [0.4, 0.5) is 0 Å². The van der Waals surface area contributed by atoms with Crippen molar-refractivity contribution in [2.75, 3.05) is 0 Å². The Bertz CT molecular complexity index is 93.9. The molecule has 0 aromatic heterocycles. The molecular weight excluding hydrogens is 126 g/mol. The monoisotopic (exact) mass is 145 g/mol. The fourth-order valence-corrected chi connectivity index (χ4v) is 0.813. The quantitative estimate of drug-likeness (QED) is 0.612. The van der Waals surface area contributed by atoms with E-state index in [2.05, 4.69) is 20.8 Å². The lowest BCUT2D eigenvalue weighted by Gasteiger charge is -2.24. The Morgan fingerprint density at radius 1 is 1.40 bits per heavy atom. The predicted molar refractivity (Wildman–Crippen MR) is 43.7 cm³/mol. The van der Waals surface area contributed by atoms with Gasteiger partial charge in [-0.3, -0.25) is 0 Å². The minimum atomic E-state index is -0.361. The Balaban J connectivity index is 3.68. The number of rotatable bonds is 2. The molecule has 0 bridgehead atoms. The third-order valence-corrected chi connectivity index (χ3v) is 1.43. The zero-order valence-corrected chi connectivity index (χ0v) is 7.39. The molecule has 2 nitrogen and oxygen atoms in total. The summed E-state index contributed by atoms with van der Waals surface area (Å²) in [7, 11) is 0. The molecule has 0 saturated carbocycles. The van der Waals surface area contributed by atoms with Crippen LogP contribution in [-0.4, -0.2) is 17.3 Å². The molecular formula is C8H19NO. The lowest BCUT2D eigenvalue weighted by Crippen LogP contribution is -2.34. The van der Waals surface area contributed by atoms with E-state index in [9.17, 15) is 5.11 Å². The van der Waals surface area contributed by atoms with Gasteiger partial charge < -0.3 is 10.8 Å². The summed E-state index contributed by atoms with van der Waals surface area (Å²) in [6.45, 7) is 8.12. The Kier molecular flexibility index (Phi) is 3.33. The van der Waals surface area contributed by atoms with Gasteiger partial charge in [0.05, 0.1) is 6.10 Å². The van der Waals surface area contributed by atoms with Crippen LogP contribution in [0.2, 0.25) is 0 Å². The zero-order chi connectivity index (χ0) is 8.36. The van der Waals surface area contributed by atoms with Crippen LogP contribution in [0.1, 0.15) is 34.1 Å². The number of hydrogen-bond donors (Lipinski definition) is 2. The summed E-state index contributed by atoms with van der Waals surface area (Å²) in [6.07, 6.45) is 0.407. The summed E-state index contributed by atoms with van der Waals surface area (Å²) in [5.74, 6) is 0. The normalized spacial score (nSPS) is 18.6. The largest absolute Gasteiger partial charge is 0.392 e. The third-order valence-electron chi connectivity index (χ3n) is 1.43. The second-order valence-electron chi connectivity index (χ2n) is 4.19. The van der Waals surface area contributed by atoms with Crippen LogP contribution in [0.15, 0.2) is 0 Å². The molecule has 0 aliphatic rings. The molecule has 0 saturated heterocycles. The van der Waals surface area contributed by atoms with Gasteiger partial charge in [-0.2, -0.15) is 0 Å². The number of aliphatic hydroxyl groups is 1. The SMILES string of the molecule is CC(N)C(O)CC(C)(C)C. The van der Waals surface area contributed by atoms with E-state index in [1.165, 1.54) is 0 Å². The lowest BCUT2D eigenvalue weighted by atomic mass is 9.87. The smallest absolute Gasteiger partial charge is 0.0693 e. The Morgan fingerprint density at radius 2 is 1.80 bits per heavy atom. The minimum absolute atomic E-state index is 0.112. The molecule has 62 valence electrons. The van der Waals surface area contributed by atoms with Crippen molar-refractivity contribution < 1.29 is 5.11 Å².